The van der Waals surface area contributed by atoms with Gasteiger partial charge in [-0.1, -0.05) is 0 Å². The predicted octanol–water partition coefficient (Wildman–Crippen LogP) is -0.00310. The predicted molar refractivity (Wildman–Crippen MR) is 58.2 cm³/mol. The number of anilines is 2. The molecule has 0 aliphatic heterocycles. The van der Waals surface area contributed by atoms with Gasteiger partial charge in [0.25, 0.3) is 0 Å². The first-order chi connectivity index (χ1) is 7.22. The molecular weight excluding hydrogens is 194 g/mol. The second-order valence-electron chi connectivity index (χ2n) is 2.96. The lowest BCUT2D eigenvalue weighted by Crippen LogP contribution is -2.24. The van der Waals surface area contributed by atoms with Crippen molar-refractivity contribution < 1.29 is 4.79 Å². The zero-order valence-electron chi connectivity index (χ0n) is 8.66. The van der Waals surface area contributed by atoms with Crippen molar-refractivity contribution in [1.82, 2.24) is 15.3 Å². The van der Waals surface area contributed by atoms with Crippen molar-refractivity contribution in [3.05, 3.63) is 12.4 Å². The molecule has 1 amide bonds. The number of aromatic nitrogens is 2. The number of nitrogens with two attached hydrogens (primary N) is 1. The van der Waals surface area contributed by atoms with Gasteiger partial charge in [0.05, 0.1) is 12.4 Å². The molecule has 1 aromatic rings. The van der Waals surface area contributed by atoms with Gasteiger partial charge in [-0.15, -0.1) is 0 Å². The van der Waals surface area contributed by atoms with E-state index in [1.165, 1.54) is 12.4 Å². The smallest absolute Gasteiger partial charge is 0.221 e. The fourth-order valence-corrected chi connectivity index (χ4v) is 1.02. The Morgan fingerprint density at radius 1 is 1.47 bits per heavy atom. The number of amides is 1. The Labute approximate surface area is 88.3 Å². The molecule has 15 heavy (non-hydrogen) atoms. The SMILES string of the molecule is CCNC(=O)CCNc1cnc(N)cn1. The number of nitrogen functional groups attached to an aromatic ring is 1. The van der Waals surface area contributed by atoms with Crippen molar-refractivity contribution in [2.24, 2.45) is 0 Å². The second-order valence-corrected chi connectivity index (χ2v) is 2.96. The minimum Gasteiger partial charge on any atom is -0.382 e. The summed E-state index contributed by atoms with van der Waals surface area (Å²) in [7, 11) is 0. The first kappa shape index (κ1) is 11.2. The molecule has 0 bridgehead atoms. The van der Waals surface area contributed by atoms with Crippen LogP contribution in [0.5, 0.6) is 0 Å². The highest BCUT2D eigenvalue weighted by molar-refractivity contribution is 5.76. The molecule has 4 N–H and O–H groups in total. The third-order valence-electron chi connectivity index (χ3n) is 1.70. The third kappa shape index (κ3) is 4.26. The highest BCUT2D eigenvalue weighted by Crippen LogP contribution is 2.01. The molecule has 0 aliphatic carbocycles. The van der Waals surface area contributed by atoms with Gasteiger partial charge in [0.1, 0.15) is 11.6 Å². The number of hydrogen-bond acceptors (Lipinski definition) is 5. The number of carbonyl (C=O) groups excluding carboxylic acids is 1. The summed E-state index contributed by atoms with van der Waals surface area (Å²) >= 11 is 0. The molecule has 0 radical (unpaired) electrons. The first-order valence-electron chi connectivity index (χ1n) is 4.80. The number of carbonyl (C=O) groups is 1. The lowest BCUT2D eigenvalue weighted by Gasteiger charge is -2.04. The minimum absolute atomic E-state index is 0.0217. The van der Waals surface area contributed by atoms with Gasteiger partial charge < -0.3 is 16.4 Å². The Kier molecular flexibility index (Phi) is 4.33. The zero-order chi connectivity index (χ0) is 11.1. The summed E-state index contributed by atoms with van der Waals surface area (Å²) in [5.74, 6) is 1.02. The highest BCUT2D eigenvalue weighted by Gasteiger charge is 1.99. The Morgan fingerprint density at radius 3 is 2.87 bits per heavy atom. The van der Waals surface area contributed by atoms with E-state index >= 15 is 0 Å². The van der Waals surface area contributed by atoms with E-state index in [-0.39, 0.29) is 5.91 Å². The summed E-state index contributed by atoms with van der Waals surface area (Å²) in [5.41, 5.74) is 5.38. The van der Waals surface area contributed by atoms with Crippen LogP contribution in [0.25, 0.3) is 0 Å². The van der Waals surface area contributed by atoms with Gasteiger partial charge >= 0.3 is 0 Å². The van der Waals surface area contributed by atoms with Crippen molar-refractivity contribution in [1.29, 1.82) is 0 Å². The summed E-state index contributed by atoms with van der Waals surface area (Å²) in [6.45, 7) is 3.07. The average Bonchev–Trinajstić information content (AvgIpc) is 2.21. The Bertz CT molecular complexity index is 311. The Morgan fingerprint density at radius 2 is 2.27 bits per heavy atom. The van der Waals surface area contributed by atoms with Crippen LogP contribution in [0.3, 0.4) is 0 Å². The molecule has 1 heterocycles. The third-order valence-corrected chi connectivity index (χ3v) is 1.70. The lowest BCUT2D eigenvalue weighted by molar-refractivity contribution is -0.120. The highest BCUT2D eigenvalue weighted by atomic mass is 16.1. The van der Waals surface area contributed by atoms with Gasteiger partial charge in [-0.3, -0.25) is 4.79 Å². The van der Waals surface area contributed by atoms with Crippen LogP contribution in [-0.2, 0) is 4.79 Å². The summed E-state index contributed by atoms with van der Waals surface area (Å²) < 4.78 is 0. The molecule has 0 aromatic carbocycles. The van der Waals surface area contributed by atoms with E-state index in [1.54, 1.807) is 0 Å². The van der Waals surface area contributed by atoms with Crippen LogP contribution in [0, 0.1) is 0 Å². The molecule has 1 aromatic heterocycles. The van der Waals surface area contributed by atoms with E-state index in [0.717, 1.165) is 0 Å². The summed E-state index contributed by atoms with van der Waals surface area (Å²) in [5, 5.41) is 5.68. The van der Waals surface area contributed by atoms with Gasteiger partial charge in [-0.2, -0.15) is 0 Å². The largest absolute Gasteiger partial charge is 0.382 e. The maximum Gasteiger partial charge on any atom is 0.221 e. The minimum atomic E-state index is 0.0217. The Balaban J connectivity index is 2.26. The van der Waals surface area contributed by atoms with Crippen LogP contribution >= 0.6 is 0 Å². The van der Waals surface area contributed by atoms with Crippen LogP contribution in [0.4, 0.5) is 11.6 Å². The van der Waals surface area contributed by atoms with Gasteiger partial charge in [-0.25, -0.2) is 9.97 Å². The molecule has 0 saturated carbocycles. The fraction of sp³-hybridized carbons (Fsp3) is 0.444. The van der Waals surface area contributed by atoms with Gasteiger partial charge in [0, 0.05) is 19.5 Å². The van der Waals surface area contributed by atoms with Crippen molar-refractivity contribution in [3.63, 3.8) is 0 Å². The van der Waals surface area contributed by atoms with Crippen molar-refractivity contribution >= 4 is 17.5 Å². The van der Waals surface area contributed by atoms with E-state index in [4.69, 9.17) is 5.73 Å². The molecule has 0 fully saturated rings. The summed E-state index contributed by atoms with van der Waals surface area (Å²) in [6.07, 6.45) is 3.42. The molecule has 0 aliphatic rings. The van der Waals surface area contributed by atoms with Crippen LogP contribution < -0.4 is 16.4 Å². The number of rotatable bonds is 5. The van der Waals surface area contributed by atoms with Crippen molar-refractivity contribution in [2.75, 3.05) is 24.1 Å². The van der Waals surface area contributed by atoms with Crippen LogP contribution in [0.1, 0.15) is 13.3 Å². The average molecular weight is 209 g/mol. The maximum absolute atomic E-state index is 11.1. The van der Waals surface area contributed by atoms with E-state index in [1.807, 2.05) is 6.92 Å². The normalized spacial score (nSPS) is 9.67. The lowest BCUT2D eigenvalue weighted by atomic mass is 10.4. The van der Waals surface area contributed by atoms with E-state index < -0.39 is 0 Å². The summed E-state index contributed by atoms with van der Waals surface area (Å²) in [4.78, 5) is 18.9. The molecule has 82 valence electrons. The maximum atomic E-state index is 11.1. The fourth-order valence-electron chi connectivity index (χ4n) is 1.02. The topological polar surface area (TPSA) is 92.9 Å². The standard InChI is InChI=1S/C9H15N5O/c1-2-11-9(15)3-4-12-8-6-13-7(10)5-14-8/h5-6H,2-4H2,1H3,(H2,10,13)(H,11,15)(H,12,14). The second kappa shape index (κ2) is 5.79. The number of hydrogen-bond donors (Lipinski definition) is 3. The summed E-state index contributed by atoms with van der Waals surface area (Å²) in [6, 6.07) is 0. The Hall–Kier alpha value is -1.85. The van der Waals surface area contributed by atoms with Crippen LogP contribution in [-0.4, -0.2) is 29.0 Å². The van der Waals surface area contributed by atoms with Gasteiger partial charge in [0.2, 0.25) is 5.91 Å². The molecule has 0 spiro atoms. The zero-order valence-corrected chi connectivity index (χ0v) is 8.66. The van der Waals surface area contributed by atoms with E-state index in [9.17, 15) is 4.79 Å². The van der Waals surface area contributed by atoms with Crippen molar-refractivity contribution in [3.8, 4) is 0 Å². The molecule has 1 rings (SSSR count). The van der Waals surface area contributed by atoms with Crippen molar-refractivity contribution in [2.45, 2.75) is 13.3 Å². The quantitative estimate of drug-likeness (QED) is 0.634. The van der Waals surface area contributed by atoms with E-state index in [0.29, 0.717) is 31.1 Å². The first-order valence-corrected chi connectivity index (χ1v) is 4.80. The van der Waals surface area contributed by atoms with Gasteiger partial charge in [0.15, 0.2) is 0 Å². The molecule has 0 atom stereocenters. The molecule has 0 saturated heterocycles. The van der Waals surface area contributed by atoms with Crippen LogP contribution in [0.15, 0.2) is 12.4 Å². The molecular formula is C9H15N5O. The number of nitrogens with zero attached hydrogens (tertiary/aromatic N) is 2. The molecule has 0 unspecified atom stereocenters. The number of nitrogens with one attached hydrogen (secondary N) is 2. The molecule has 6 heteroatoms. The van der Waals surface area contributed by atoms with E-state index in [2.05, 4.69) is 20.6 Å². The van der Waals surface area contributed by atoms with Gasteiger partial charge in [-0.05, 0) is 6.92 Å². The molecule has 6 nitrogen and oxygen atoms in total. The monoisotopic (exact) mass is 209 g/mol. The van der Waals surface area contributed by atoms with Crippen LogP contribution in [0.2, 0.25) is 0 Å².